The second-order valence-corrected chi connectivity index (χ2v) is 4.00. The van der Waals surface area contributed by atoms with E-state index in [4.69, 9.17) is 9.47 Å². The number of carbonyl (C=O) groups excluding carboxylic acids is 1. The molecule has 0 spiro atoms. The second-order valence-electron chi connectivity index (χ2n) is 4.00. The average molecular weight is 264 g/mol. The number of rotatable bonds is 6. The van der Waals surface area contributed by atoms with E-state index in [9.17, 15) is 4.79 Å². The summed E-state index contributed by atoms with van der Waals surface area (Å²) in [6.45, 7) is 8.27. The number of hydrogen-bond donors (Lipinski definition) is 0. The molecule has 0 aromatic carbocycles. The molecular weight excluding hydrogens is 244 g/mol. The van der Waals surface area contributed by atoms with E-state index in [-0.39, 0.29) is 11.9 Å². The highest BCUT2D eigenvalue weighted by atomic mass is 16.5. The van der Waals surface area contributed by atoms with Crippen molar-refractivity contribution in [2.75, 3.05) is 13.2 Å². The zero-order valence-electron chi connectivity index (χ0n) is 11.8. The first-order valence-electron chi connectivity index (χ1n) is 6.39. The van der Waals surface area contributed by atoms with Gasteiger partial charge in [-0.15, -0.1) is 0 Å². The molecule has 0 aliphatic heterocycles. The van der Waals surface area contributed by atoms with Crippen LogP contribution in [0, 0.1) is 12.8 Å². The molecular formula is C14H20N2O3. The summed E-state index contributed by atoms with van der Waals surface area (Å²) in [4.78, 5) is 19.9. The molecule has 1 heterocycles. The fraction of sp³-hybridized carbons (Fsp3) is 0.500. The van der Waals surface area contributed by atoms with Crippen LogP contribution >= 0.6 is 0 Å². The Balaban J connectivity index is 2.71. The maximum atomic E-state index is 11.4. The largest absolute Gasteiger partial charge is 0.492 e. The van der Waals surface area contributed by atoms with Crippen molar-refractivity contribution >= 4 is 18.0 Å². The van der Waals surface area contributed by atoms with E-state index in [1.807, 2.05) is 19.9 Å². The number of aryl methyl sites for hydroxylation is 1. The highest BCUT2D eigenvalue weighted by Crippen LogP contribution is 2.19. The van der Waals surface area contributed by atoms with Crippen molar-refractivity contribution in [2.45, 2.75) is 27.7 Å². The van der Waals surface area contributed by atoms with Crippen molar-refractivity contribution in [1.82, 2.24) is 4.98 Å². The molecule has 0 N–H and O–H groups in total. The fourth-order valence-electron chi connectivity index (χ4n) is 1.44. The molecule has 0 amide bonds. The summed E-state index contributed by atoms with van der Waals surface area (Å²) in [6, 6.07) is 3.58. The lowest BCUT2D eigenvalue weighted by Crippen LogP contribution is -2.15. The molecule has 5 heteroatoms. The fourth-order valence-corrected chi connectivity index (χ4v) is 1.44. The lowest BCUT2D eigenvalue weighted by molar-refractivity contribution is -0.144. The van der Waals surface area contributed by atoms with Crippen molar-refractivity contribution in [3.8, 4) is 5.75 Å². The summed E-state index contributed by atoms with van der Waals surface area (Å²) < 4.78 is 10.3. The Morgan fingerprint density at radius 1 is 1.42 bits per heavy atom. The van der Waals surface area contributed by atoms with Crippen molar-refractivity contribution in [3.63, 3.8) is 0 Å². The van der Waals surface area contributed by atoms with Gasteiger partial charge in [0.15, 0.2) is 5.82 Å². The predicted molar refractivity (Wildman–Crippen MR) is 74.1 cm³/mol. The van der Waals surface area contributed by atoms with Gasteiger partial charge in [-0.25, -0.2) is 9.98 Å². The molecule has 1 aromatic rings. The molecule has 0 bridgehead atoms. The van der Waals surface area contributed by atoms with E-state index >= 15 is 0 Å². The van der Waals surface area contributed by atoms with Crippen LogP contribution in [0.5, 0.6) is 5.75 Å². The van der Waals surface area contributed by atoms with Crippen molar-refractivity contribution in [2.24, 2.45) is 10.9 Å². The summed E-state index contributed by atoms with van der Waals surface area (Å²) in [6.07, 6.45) is 1.54. The number of hydrogen-bond acceptors (Lipinski definition) is 5. The molecule has 1 aromatic heterocycles. The summed E-state index contributed by atoms with van der Waals surface area (Å²) >= 11 is 0. The van der Waals surface area contributed by atoms with Gasteiger partial charge in [0.2, 0.25) is 0 Å². The van der Waals surface area contributed by atoms with Crippen LogP contribution in [0.3, 0.4) is 0 Å². The Morgan fingerprint density at radius 2 is 2.16 bits per heavy atom. The van der Waals surface area contributed by atoms with E-state index in [1.54, 1.807) is 26.1 Å². The second kappa shape index (κ2) is 7.51. The highest BCUT2D eigenvalue weighted by Gasteiger charge is 2.10. The van der Waals surface area contributed by atoms with Crippen LogP contribution in [0.25, 0.3) is 0 Å². The maximum absolute atomic E-state index is 11.4. The summed E-state index contributed by atoms with van der Waals surface area (Å²) in [5.41, 5.74) is 0.778. The third-order valence-electron chi connectivity index (χ3n) is 2.41. The van der Waals surface area contributed by atoms with E-state index in [0.717, 1.165) is 11.4 Å². The summed E-state index contributed by atoms with van der Waals surface area (Å²) in [5.74, 6) is 0.638. The van der Waals surface area contributed by atoms with E-state index < -0.39 is 0 Å². The van der Waals surface area contributed by atoms with Gasteiger partial charge in [-0.3, -0.25) is 4.79 Å². The lowest BCUT2D eigenvalue weighted by Gasteiger charge is -2.07. The Bertz CT molecular complexity index is 458. The van der Waals surface area contributed by atoms with Crippen LogP contribution in [0.1, 0.15) is 26.5 Å². The van der Waals surface area contributed by atoms with Crippen molar-refractivity contribution in [1.29, 1.82) is 0 Å². The number of aromatic nitrogens is 1. The first-order valence-corrected chi connectivity index (χ1v) is 6.39. The number of esters is 1. The highest BCUT2D eigenvalue weighted by molar-refractivity contribution is 5.90. The molecule has 0 aliphatic rings. The zero-order valence-corrected chi connectivity index (χ0v) is 11.8. The van der Waals surface area contributed by atoms with Gasteiger partial charge < -0.3 is 9.47 Å². The molecule has 1 rings (SSSR count). The van der Waals surface area contributed by atoms with Crippen LogP contribution in [-0.4, -0.2) is 30.4 Å². The Morgan fingerprint density at radius 3 is 2.74 bits per heavy atom. The topological polar surface area (TPSA) is 60.8 Å². The molecule has 0 aliphatic carbocycles. The average Bonchev–Trinajstić information content (AvgIpc) is 2.39. The maximum Gasteiger partial charge on any atom is 0.314 e. The Hall–Kier alpha value is -1.91. The first-order chi connectivity index (χ1) is 9.08. The van der Waals surface area contributed by atoms with Gasteiger partial charge in [-0.2, -0.15) is 0 Å². The van der Waals surface area contributed by atoms with Crippen molar-refractivity contribution < 1.29 is 14.3 Å². The number of ether oxygens (including phenoxy) is 2. The lowest BCUT2D eigenvalue weighted by atomic mass is 10.2. The number of pyridine rings is 1. The summed E-state index contributed by atoms with van der Waals surface area (Å²) in [5, 5.41) is 0. The first kappa shape index (κ1) is 15.1. The Labute approximate surface area is 113 Å². The normalized spacial score (nSPS) is 12.4. The van der Waals surface area contributed by atoms with Gasteiger partial charge in [0, 0.05) is 6.21 Å². The number of nitrogens with zero attached hydrogens (tertiary/aromatic N) is 2. The van der Waals surface area contributed by atoms with Crippen LogP contribution in [0.4, 0.5) is 5.82 Å². The zero-order chi connectivity index (χ0) is 14.3. The minimum Gasteiger partial charge on any atom is -0.492 e. The van der Waals surface area contributed by atoms with Crippen LogP contribution < -0.4 is 4.74 Å². The Kier molecular flexibility index (Phi) is 5.99. The van der Waals surface area contributed by atoms with E-state index in [1.165, 1.54) is 0 Å². The SMILES string of the molecule is CCOC(=O)C(C)C=Nc1ccc(OCC)c(C)n1. The minimum atomic E-state index is -0.381. The molecule has 104 valence electrons. The molecule has 1 unspecified atom stereocenters. The molecule has 0 saturated heterocycles. The predicted octanol–water partition coefficient (Wildman–Crippen LogP) is 2.69. The number of aliphatic imine (C=N–C) groups is 1. The van der Waals surface area contributed by atoms with Gasteiger partial charge >= 0.3 is 5.97 Å². The van der Waals surface area contributed by atoms with Crippen molar-refractivity contribution in [3.05, 3.63) is 17.8 Å². The minimum absolute atomic E-state index is 0.283. The molecule has 5 nitrogen and oxygen atoms in total. The monoisotopic (exact) mass is 264 g/mol. The smallest absolute Gasteiger partial charge is 0.314 e. The third kappa shape index (κ3) is 4.69. The van der Waals surface area contributed by atoms with E-state index in [2.05, 4.69) is 9.98 Å². The van der Waals surface area contributed by atoms with Crippen LogP contribution in [0.2, 0.25) is 0 Å². The molecule has 0 radical (unpaired) electrons. The van der Waals surface area contributed by atoms with Gasteiger partial charge in [0.05, 0.1) is 24.8 Å². The van der Waals surface area contributed by atoms with Gasteiger partial charge in [0.25, 0.3) is 0 Å². The molecule has 19 heavy (non-hydrogen) atoms. The summed E-state index contributed by atoms with van der Waals surface area (Å²) in [7, 11) is 0. The van der Waals surface area contributed by atoms with Gasteiger partial charge in [0.1, 0.15) is 5.75 Å². The van der Waals surface area contributed by atoms with Crippen LogP contribution in [-0.2, 0) is 9.53 Å². The third-order valence-corrected chi connectivity index (χ3v) is 2.41. The van der Waals surface area contributed by atoms with E-state index in [0.29, 0.717) is 19.0 Å². The van der Waals surface area contributed by atoms with Gasteiger partial charge in [-0.1, -0.05) is 0 Å². The molecule has 1 atom stereocenters. The van der Waals surface area contributed by atoms with Gasteiger partial charge in [-0.05, 0) is 39.8 Å². The standard InChI is InChI=1S/C14H20N2O3/c1-5-18-12-7-8-13(16-11(12)4)15-9-10(3)14(17)19-6-2/h7-10H,5-6H2,1-4H3. The molecule has 0 saturated carbocycles. The van der Waals surface area contributed by atoms with Crippen LogP contribution in [0.15, 0.2) is 17.1 Å². The quantitative estimate of drug-likeness (QED) is 0.585. The number of carbonyl (C=O) groups is 1. The molecule has 0 fully saturated rings.